The van der Waals surface area contributed by atoms with Gasteiger partial charge in [0.05, 0.1) is 19.3 Å². The molecule has 2 atom stereocenters. The first-order valence-electron chi connectivity index (χ1n) is 9.69. The van der Waals surface area contributed by atoms with Gasteiger partial charge in [-0.2, -0.15) is 0 Å². The van der Waals surface area contributed by atoms with Crippen molar-refractivity contribution in [3.05, 3.63) is 58.1 Å². The maximum atomic E-state index is 11.9. The van der Waals surface area contributed by atoms with Crippen molar-refractivity contribution in [2.45, 2.75) is 38.8 Å². The molecule has 2 unspecified atom stereocenters. The molecule has 0 bridgehead atoms. The van der Waals surface area contributed by atoms with Crippen LogP contribution in [-0.4, -0.2) is 41.8 Å². The highest BCUT2D eigenvalue weighted by atomic mass is 79.9. The maximum Gasteiger partial charge on any atom is 0.320 e. The van der Waals surface area contributed by atoms with Crippen LogP contribution in [0.15, 0.2) is 46.9 Å². The summed E-state index contributed by atoms with van der Waals surface area (Å²) in [5, 5.41) is 9.75. The van der Waals surface area contributed by atoms with E-state index in [-0.39, 0.29) is 6.04 Å². The lowest BCUT2D eigenvalue weighted by Crippen LogP contribution is -2.39. The SMILES string of the molecule is CCOc1ccc(C(c2ccccc2Br)N2CCCC2C(=O)O)cc1OCC. The van der Waals surface area contributed by atoms with Crippen LogP contribution < -0.4 is 9.47 Å². The standard InChI is InChI=1S/C22H26BrNO4/c1-3-27-19-12-11-15(14-20(19)28-4-2)21(16-8-5-6-9-17(16)23)24-13-7-10-18(24)22(25)26/h5-6,8-9,11-12,14,18,21H,3-4,7,10,13H2,1-2H3,(H,25,26). The summed E-state index contributed by atoms with van der Waals surface area (Å²) in [6.07, 6.45) is 1.53. The summed E-state index contributed by atoms with van der Waals surface area (Å²) >= 11 is 3.66. The summed E-state index contributed by atoms with van der Waals surface area (Å²) in [7, 11) is 0. The lowest BCUT2D eigenvalue weighted by Gasteiger charge is -2.33. The van der Waals surface area contributed by atoms with Gasteiger partial charge in [0.1, 0.15) is 6.04 Å². The Balaban J connectivity index is 2.10. The molecule has 1 heterocycles. The van der Waals surface area contributed by atoms with Crippen LogP contribution >= 0.6 is 15.9 Å². The zero-order valence-electron chi connectivity index (χ0n) is 16.2. The van der Waals surface area contributed by atoms with Gasteiger partial charge < -0.3 is 14.6 Å². The summed E-state index contributed by atoms with van der Waals surface area (Å²) in [4.78, 5) is 14.0. The summed E-state index contributed by atoms with van der Waals surface area (Å²) in [5.74, 6) is 0.616. The van der Waals surface area contributed by atoms with E-state index in [9.17, 15) is 9.90 Å². The van der Waals surface area contributed by atoms with E-state index >= 15 is 0 Å². The molecule has 2 aromatic carbocycles. The van der Waals surface area contributed by atoms with Crippen molar-refractivity contribution in [2.24, 2.45) is 0 Å². The van der Waals surface area contributed by atoms with E-state index in [0.29, 0.717) is 31.1 Å². The molecule has 0 saturated carbocycles. The van der Waals surface area contributed by atoms with Crippen molar-refractivity contribution < 1.29 is 19.4 Å². The average molecular weight is 448 g/mol. The van der Waals surface area contributed by atoms with Crippen LogP contribution in [0.5, 0.6) is 11.5 Å². The predicted octanol–water partition coefficient (Wildman–Crippen LogP) is 4.88. The van der Waals surface area contributed by atoms with Crippen molar-refractivity contribution in [1.29, 1.82) is 0 Å². The van der Waals surface area contributed by atoms with Crippen molar-refractivity contribution in [3.63, 3.8) is 0 Å². The number of nitrogens with zero attached hydrogens (tertiary/aromatic N) is 1. The third kappa shape index (κ3) is 4.33. The second-order valence-electron chi connectivity index (χ2n) is 6.73. The Labute approximate surface area is 174 Å². The Morgan fingerprint density at radius 3 is 2.57 bits per heavy atom. The number of hydrogen-bond donors (Lipinski definition) is 1. The number of benzene rings is 2. The topological polar surface area (TPSA) is 59.0 Å². The number of aliphatic carboxylic acids is 1. The van der Waals surface area contributed by atoms with Crippen LogP contribution in [0.4, 0.5) is 0 Å². The van der Waals surface area contributed by atoms with Crippen molar-refractivity contribution in [1.82, 2.24) is 4.90 Å². The van der Waals surface area contributed by atoms with E-state index < -0.39 is 12.0 Å². The highest BCUT2D eigenvalue weighted by Gasteiger charge is 2.37. The summed E-state index contributed by atoms with van der Waals surface area (Å²) in [6.45, 7) is 5.70. The molecule has 0 amide bonds. The number of carboxylic acids is 1. The fourth-order valence-electron chi connectivity index (χ4n) is 3.85. The number of carbonyl (C=O) groups is 1. The normalized spacial score (nSPS) is 18.0. The fourth-order valence-corrected chi connectivity index (χ4v) is 4.35. The zero-order valence-corrected chi connectivity index (χ0v) is 17.8. The molecule has 1 saturated heterocycles. The average Bonchev–Trinajstić information content (AvgIpc) is 3.15. The Bertz CT molecular complexity index is 826. The van der Waals surface area contributed by atoms with Crippen LogP contribution in [0.2, 0.25) is 0 Å². The smallest absolute Gasteiger partial charge is 0.320 e. The van der Waals surface area contributed by atoms with Gasteiger partial charge >= 0.3 is 5.97 Å². The van der Waals surface area contributed by atoms with Crippen molar-refractivity contribution in [2.75, 3.05) is 19.8 Å². The molecule has 3 rings (SSSR count). The van der Waals surface area contributed by atoms with Crippen LogP contribution in [0.1, 0.15) is 43.9 Å². The Morgan fingerprint density at radius 1 is 1.18 bits per heavy atom. The van der Waals surface area contributed by atoms with Crippen LogP contribution in [0.25, 0.3) is 0 Å². The van der Waals surface area contributed by atoms with Crippen molar-refractivity contribution >= 4 is 21.9 Å². The first-order valence-corrected chi connectivity index (χ1v) is 10.5. The number of rotatable bonds is 8. The molecule has 1 fully saturated rings. The summed E-state index contributed by atoms with van der Waals surface area (Å²) in [5.41, 5.74) is 2.04. The molecular formula is C22H26BrNO4. The lowest BCUT2D eigenvalue weighted by molar-refractivity contribution is -0.142. The molecule has 1 aliphatic rings. The Kier molecular flexibility index (Phi) is 6.97. The molecule has 28 heavy (non-hydrogen) atoms. The molecule has 1 N–H and O–H groups in total. The molecule has 0 spiro atoms. The molecule has 150 valence electrons. The minimum atomic E-state index is -0.773. The minimum absolute atomic E-state index is 0.186. The number of ether oxygens (including phenoxy) is 2. The zero-order chi connectivity index (χ0) is 20.1. The summed E-state index contributed by atoms with van der Waals surface area (Å²) in [6, 6.07) is 13.2. The van der Waals surface area contributed by atoms with Crippen molar-refractivity contribution in [3.8, 4) is 11.5 Å². The van der Waals surface area contributed by atoms with E-state index in [1.54, 1.807) is 0 Å². The van der Waals surface area contributed by atoms with Gasteiger partial charge in [0.15, 0.2) is 11.5 Å². The number of likely N-dealkylation sites (tertiary alicyclic amines) is 1. The second-order valence-corrected chi connectivity index (χ2v) is 7.58. The van der Waals surface area contributed by atoms with E-state index in [4.69, 9.17) is 9.47 Å². The summed E-state index contributed by atoms with van der Waals surface area (Å²) < 4.78 is 12.5. The highest BCUT2D eigenvalue weighted by Crippen LogP contribution is 2.40. The van der Waals surface area contributed by atoms with Gasteiger partial charge in [0.25, 0.3) is 0 Å². The largest absolute Gasteiger partial charge is 0.490 e. The molecular weight excluding hydrogens is 422 g/mol. The predicted molar refractivity (Wildman–Crippen MR) is 112 cm³/mol. The van der Waals surface area contributed by atoms with Crippen LogP contribution in [-0.2, 0) is 4.79 Å². The molecule has 2 aromatic rings. The maximum absolute atomic E-state index is 11.9. The third-order valence-corrected chi connectivity index (χ3v) is 5.72. The molecule has 1 aliphatic heterocycles. The first-order chi connectivity index (χ1) is 13.6. The van der Waals surface area contributed by atoms with Gasteiger partial charge in [-0.15, -0.1) is 0 Å². The first kappa shape index (κ1) is 20.7. The van der Waals surface area contributed by atoms with Crippen LogP contribution in [0, 0.1) is 0 Å². The van der Waals surface area contributed by atoms with E-state index in [2.05, 4.69) is 20.8 Å². The number of halogens is 1. The molecule has 6 heteroatoms. The van der Waals surface area contributed by atoms with Crippen LogP contribution in [0.3, 0.4) is 0 Å². The van der Waals surface area contributed by atoms with Gasteiger partial charge in [-0.3, -0.25) is 9.69 Å². The molecule has 0 aromatic heterocycles. The van der Waals surface area contributed by atoms with Gasteiger partial charge in [-0.25, -0.2) is 0 Å². The highest BCUT2D eigenvalue weighted by molar-refractivity contribution is 9.10. The van der Waals surface area contributed by atoms with Gasteiger partial charge in [-0.1, -0.05) is 40.2 Å². The van der Waals surface area contributed by atoms with Gasteiger partial charge in [0.2, 0.25) is 0 Å². The van der Waals surface area contributed by atoms with E-state index in [0.717, 1.165) is 28.6 Å². The van der Waals surface area contributed by atoms with E-state index in [1.807, 2.05) is 56.3 Å². The Morgan fingerprint density at radius 2 is 1.89 bits per heavy atom. The second kappa shape index (κ2) is 9.43. The lowest BCUT2D eigenvalue weighted by atomic mass is 9.95. The molecule has 5 nitrogen and oxygen atoms in total. The number of carboxylic acid groups (broad SMARTS) is 1. The molecule has 0 aliphatic carbocycles. The quantitative estimate of drug-likeness (QED) is 0.624. The van der Waals surface area contributed by atoms with E-state index in [1.165, 1.54) is 0 Å². The third-order valence-electron chi connectivity index (χ3n) is 4.99. The monoisotopic (exact) mass is 447 g/mol. The minimum Gasteiger partial charge on any atom is -0.490 e. The Hall–Kier alpha value is -2.05. The molecule has 0 radical (unpaired) electrons. The van der Waals surface area contributed by atoms with Gasteiger partial charge in [-0.05, 0) is 56.0 Å². The van der Waals surface area contributed by atoms with Gasteiger partial charge in [0, 0.05) is 11.0 Å². The number of hydrogen-bond acceptors (Lipinski definition) is 4. The fraction of sp³-hybridized carbons (Fsp3) is 0.409.